The topological polar surface area (TPSA) is 74.6 Å². The van der Waals surface area contributed by atoms with E-state index < -0.39 is 5.97 Å². The van der Waals surface area contributed by atoms with E-state index in [1.54, 1.807) is 18.2 Å². The minimum atomic E-state index is -0.539. The standard InChI is InChI=1S/C22H25NO5/c1-13-9-19(14(2)23(13)18-6-7-18)20(25)12-28-22(26)11-17-10-16(15(3)24)5-8-21(17)27-4/h5,8-10,18H,6-7,11-12H2,1-4H3. The number of carbonyl (C=O) groups is 3. The smallest absolute Gasteiger partial charge is 0.310 e. The van der Waals surface area contributed by atoms with Crippen molar-refractivity contribution >= 4 is 17.5 Å². The van der Waals surface area contributed by atoms with Gasteiger partial charge in [0.25, 0.3) is 0 Å². The van der Waals surface area contributed by atoms with Crippen molar-refractivity contribution in [1.82, 2.24) is 4.57 Å². The Morgan fingerprint density at radius 3 is 2.46 bits per heavy atom. The minimum Gasteiger partial charge on any atom is -0.496 e. The van der Waals surface area contributed by atoms with Crippen LogP contribution in [0.2, 0.25) is 0 Å². The van der Waals surface area contributed by atoms with Gasteiger partial charge in [0, 0.05) is 34.1 Å². The van der Waals surface area contributed by atoms with Crippen LogP contribution in [0.25, 0.3) is 0 Å². The average molecular weight is 383 g/mol. The Kier molecular flexibility index (Phi) is 5.68. The monoisotopic (exact) mass is 383 g/mol. The lowest BCUT2D eigenvalue weighted by Gasteiger charge is -2.10. The van der Waals surface area contributed by atoms with E-state index >= 15 is 0 Å². The molecule has 0 saturated heterocycles. The Morgan fingerprint density at radius 1 is 1.14 bits per heavy atom. The molecule has 0 bridgehead atoms. The summed E-state index contributed by atoms with van der Waals surface area (Å²) >= 11 is 0. The Bertz CT molecular complexity index is 937. The Morgan fingerprint density at radius 2 is 1.86 bits per heavy atom. The molecule has 1 heterocycles. The van der Waals surface area contributed by atoms with Crippen LogP contribution in [0, 0.1) is 13.8 Å². The molecule has 6 heteroatoms. The van der Waals surface area contributed by atoms with Crippen LogP contribution in [0.4, 0.5) is 0 Å². The highest BCUT2D eigenvalue weighted by molar-refractivity contribution is 5.99. The van der Waals surface area contributed by atoms with Crippen LogP contribution in [0.1, 0.15) is 63.5 Å². The second-order valence-corrected chi connectivity index (χ2v) is 7.23. The fourth-order valence-electron chi connectivity index (χ4n) is 3.52. The van der Waals surface area contributed by atoms with Gasteiger partial charge in [-0.25, -0.2) is 0 Å². The third-order valence-electron chi connectivity index (χ3n) is 5.08. The highest BCUT2D eigenvalue weighted by Crippen LogP contribution is 2.38. The molecular formula is C22H25NO5. The number of esters is 1. The van der Waals surface area contributed by atoms with Crippen LogP contribution < -0.4 is 4.74 Å². The predicted molar refractivity (Wildman–Crippen MR) is 104 cm³/mol. The van der Waals surface area contributed by atoms with E-state index in [9.17, 15) is 14.4 Å². The molecule has 1 aromatic heterocycles. The zero-order chi connectivity index (χ0) is 20.4. The van der Waals surface area contributed by atoms with Crippen molar-refractivity contribution in [1.29, 1.82) is 0 Å². The van der Waals surface area contributed by atoms with Crippen molar-refractivity contribution in [2.45, 2.75) is 46.1 Å². The summed E-state index contributed by atoms with van der Waals surface area (Å²) in [4.78, 5) is 36.4. The molecule has 1 aromatic carbocycles. The first kappa shape index (κ1) is 19.9. The summed E-state index contributed by atoms with van der Waals surface area (Å²) < 4.78 is 12.6. The molecule has 0 amide bonds. The van der Waals surface area contributed by atoms with Crippen LogP contribution in [0.15, 0.2) is 24.3 Å². The summed E-state index contributed by atoms with van der Waals surface area (Å²) in [7, 11) is 1.50. The van der Waals surface area contributed by atoms with Gasteiger partial charge in [0.2, 0.25) is 5.78 Å². The zero-order valence-electron chi connectivity index (χ0n) is 16.7. The van der Waals surface area contributed by atoms with Crippen molar-refractivity contribution in [2.24, 2.45) is 0 Å². The lowest BCUT2D eigenvalue weighted by molar-refractivity contribution is -0.141. The normalized spacial score (nSPS) is 13.3. The summed E-state index contributed by atoms with van der Waals surface area (Å²) in [5.41, 5.74) is 3.64. The summed E-state index contributed by atoms with van der Waals surface area (Å²) in [6.45, 7) is 5.07. The maximum atomic E-state index is 12.5. The molecule has 0 unspecified atom stereocenters. The zero-order valence-corrected chi connectivity index (χ0v) is 16.7. The summed E-state index contributed by atoms with van der Waals surface area (Å²) in [6.07, 6.45) is 2.21. The van der Waals surface area contributed by atoms with Gasteiger partial charge in [-0.05, 0) is 57.9 Å². The molecule has 1 aliphatic rings. The Hall–Kier alpha value is -2.89. The highest BCUT2D eigenvalue weighted by Gasteiger charge is 2.28. The van der Waals surface area contributed by atoms with Gasteiger partial charge in [-0.3, -0.25) is 14.4 Å². The quantitative estimate of drug-likeness (QED) is 0.514. The molecule has 0 spiro atoms. The van der Waals surface area contributed by atoms with E-state index in [1.807, 2.05) is 19.9 Å². The predicted octanol–water partition coefficient (Wildman–Crippen LogP) is 3.62. The number of hydrogen-bond donors (Lipinski definition) is 0. The molecule has 6 nitrogen and oxygen atoms in total. The number of nitrogens with zero attached hydrogens (tertiary/aromatic N) is 1. The van der Waals surface area contributed by atoms with Gasteiger partial charge in [0.1, 0.15) is 5.75 Å². The third-order valence-corrected chi connectivity index (χ3v) is 5.08. The number of ketones is 2. The molecule has 1 saturated carbocycles. The molecule has 0 aliphatic heterocycles. The lowest BCUT2D eigenvalue weighted by atomic mass is 10.0. The molecule has 1 aliphatic carbocycles. The number of methoxy groups -OCH3 is 1. The molecule has 1 fully saturated rings. The highest BCUT2D eigenvalue weighted by atomic mass is 16.5. The summed E-state index contributed by atoms with van der Waals surface area (Å²) in [6, 6.07) is 7.27. The number of Topliss-reactive ketones (excluding diaryl/α,β-unsaturated/α-hetero) is 2. The van der Waals surface area contributed by atoms with E-state index in [0.717, 1.165) is 24.2 Å². The van der Waals surface area contributed by atoms with Crippen LogP contribution >= 0.6 is 0 Å². The number of benzene rings is 1. The third kappa shape index (κ3) is 4.16. The number of aromatic nitrogens is 1. The Balaban J connectivity index is 1.65. The molecule has 0 atom stereocenters. The second kappa shape index (κ2) is 8.00. The van der Waals surface area contributed by atoms with Crippen molar-refractivity contribution in [3.8, 4) is 5.75 Å². The van der Waals surface area contributed by atoms with Gasteiger partial charge in [-0.2, -0.15) is 0 Å². The SMILES string of the molecule is COc1ccc(C(C)=O)cc1CC(=O)OCC(=O)c1cc(C)n(C2CC2)c1C. The van der Waals surface area contributed by atoms with Gasteiger partial charge < -0.3 is 14.0 Å². The van der Waals surface area contributed by atoms with Crippen molar-refractivity contribution < 1.29 is 23.9 Å². The fourth-order valence-corrected chi connectivity index (χ4v) is 3.52. The molecule has 2 aromatic rings. The largest absolute Gasteiger partial charge is 0.496 e. The fraction of sp³-hybridized carbons (Fsp3) is 0.409. The van der Waals surface area contributed by atoms with Crippen molar-refractivity contribution in [3.63, 3.8) is 0 Å². The van der Waals surface area contributed by atoms with Crippen LogP contribution in [0.5, 0.6) is 5.75 Å². The van der Waals surface area contributed by atoms with E-state index in [-0.39, 0.29) is 24.6 Å². The molecule has 148 valence electrons. The van der Waals surface area contributed by atoms with Crippen molar-refractivity contribution in [3.05, 3.63) is 52.3 Å². The Labute approximate surface area is 164 Å². The number of ether oxygens (including phenoxy) is 2. The molecule has 0 radical (unpaired) electrons. The lowest BCUT2D eigenvalue weighted by Crippen LogP contribution is -2.16. The molecular weight excluding hydrogens is 358 g/mol. The van der Waals surface area contributed by atoms with E-state index in [4.69, 9.17) is 9.47 Å². The number of aryl methyl sites for hydroxylation is 1. The van der Waals surface area contributed by atoms with Gasteiger partial charge in [0.15, 0.2) is 12.4 Å². The average Bonchev–Trinajstić information content (AvgIpc) is 3.44. The summed E-state index contributed by atoms with van der Waals surface area (Å²) in [5.74, 6) is -0.346. The van der Waals surface area contributed by atoms with E-state index in [2.05, 4.69) is 4.57 Å². The number of carbonyl (C=O) groups excluding carboxylic acids is 3. The first-order chi connectivity index (χ1) is 13.3. The summed E-state index contributed by atoms with van der Waals surface area (Å²) in [5, 5.41) is 0. The van der Waals surface area contributed by atoms with Gasteiger partial charge in [-0.1, -0.05) is 0 Å². The van der Waals surface area contributed by atoms with Gasteiger partial charge in [0.05, 0.1) is 13.5 Å². The maximum absolute atomic E-state index is 12.5. The van der Waals surface area contributed by atoms with Crippen molar-refractivity contribution in [2.75, 3.05) is 13.7 Å². The molecule has 0 N–H and O–H groups in total. The number of rotatable bonds is 8. The second-order valence-electron chi connectivity index (χ2n) is 7.23. The van der Waals surface area contributed by atoms with Crippen LogP contribution in [-0.2, 0) is 16.0 Å². The molecule has 3 rings (SSSR count). The van der Waals surface area contributed by atoms with Crippen LogP contribution in [0.3, 0.4) is 0 Å². The first-order valence-corrected chi connectivity index (χ1v) is 9.37. The maximum Gasteiger partial charge on any atom is 0.310 e. The molecule has 28 heavy (non-hydrogen) atoms. The number of hydrogen-bond acceptors (Lipinski definition) is 5. The van der Waals surface area contributed by atoms with E-state index in [1.165, 1.54) is 14.0 Å². The van der Waals surface area contributed by atoms with Crippen LogP contribution in [-0.4, -0.2) is 35.8 Å². The van der Waals surface area contributed by atoms with E-state index in [0.29, 0.717) is 28.5 Å². The van der Waals surface area contributed by atoms with Gasteiger partial charge in [-0.15, -0.1) is 0 Å². The van der Waals surface area contributed by atoms with Gasteiger partial charge >= 0.3 is 5.97 Å². The first-order valence-electron chi connectivity index (χ1n) is 9.37. The minimum absolute atomic E-state index is 0.0708.